The molecule has 0 bridgehead atoms. The van der Waals surface area contributed by atoms with Crippen LogP contribution in [0.25, 0.3) is 10.9 Å². The number of aromatic nitrogens is 2. The number of hydrogen-bond donors (Lipinski definition) is 2. The van der Waals surface area contributed by atoms with Crippen LogP contribution >= 0.6 is 11.8 Å². The Labute approximate surface area is 128 Å². The van der Waals surface area contributed by atoms with E-state index in [1.54, 1.807) is 25.1 Å². The van der Waals surface area contributed by atoms with E-state index < -0.39 is 5.54 Å². The Hall–Kier alpha value is -1.66. The fourth-order valence-corrected chi connectivity index (χ4v) is 3.41. The van der Waals surface area contributed by atoms with E-state index >= 15 is 0 Å². The molecular weight excluding hydrogens is 284 g/mol. The minimum Gasteiger partial charge on any atom is -0.368 e. The van der Waals surface area contributed by atoms with Gasteiger partial charge in [-0.1, -0.05) is 25.1 Å². The number of nitrogens with two attached hydrogens (primary N) is 1. The number of thioether (sulfide) groups is 1. The van der Waals surface area contributed by atoms with Crippen LogP contribution in [-0.2, 0) is 4.79 Å². The molecule has 3 N–H and O–H groups in total. The standard InChI is InChI=1S/C15H20N4OS/c1-10(8-15(2,17-3)14(16)20)21-13-11-6-4-5-7-12(11)18-9-19-13/h4-7,9-10,17H,8H2,1-3H3,(H2,16,20). The van der Waals surface area contributed by atoms with Gasteiger partial charge in [0.2, 0.25) is 5.91 Å². The third kappa shape index (κ3) is 3.51. The van der Waals surface area contributed by atoms with Gasteiger partial charge in [-0.2, -0.15) is 0 Å². The van der Waals surface area contributed by atoms with Crippen molar-refractivity contribution in [2.24, 2.45) is 5.73 Å². The molecule has 0 radical (unpaired) electrons. The summed E-state index contributed by atoms with van der Waals surface area (Å²) in [5.41, 5.74) is 5.69. The number of hydrogen-bond acceptors (Lipinski definition) is 5. The van der Waals surface area contributed by atoms with Crippen LogP contribution < -0.4 is 11.1 Å². The summed E-state index contributed by atoms with van der Waals surface area (Å²) in [6.45, 7) is 3.89. The summed E-state index contributed by atoms with van der Waals surface area (Å²) in [5.74, 6) is -0.343. The van der Waals surface area contributed by atoms with Crippen molar-refractivity contribution in [1.29, 1.82) is 0 Å². The molecule has 2 rings (SSSR count). The quantitative estimate of drug-likeness (QED) is 0.630. The first-order valence-electron chi connectivity index (χ1n) is 6.81. The van der Waals surface area contributed by atoms with E-state index in [1.807, 2.05) is 31.2 Å². The molecule has 0 aliphatic heterocycles. The van der Waals surface area contributed by atoms with Crippen molar-refractivity contribution in [3.63, 3.8) is 0 Å². The predicted molar refractivity (Wildman–Crippen MR) is 86.1 cm³/mol. The number of amides is 1. The van der Waals surface area contributed by atoms with Gasteiger partial charge in [0.1, 0.15) is 11.4 Å². The average molecular weight is 304 g/mol. The lowest BCUT2D eigenvalue weighted by Crippen LogP contribution is -2.52. The second kappa shape index (κ2) is 6.41. The number of rotatable bonds is 6. The van der Waals surface area contributed by atoms with Crippen LogP contribution in [0.2, 0.25) is 0 Å². The summed E-state index contributed by atoms with van der Waals surface area (Å²) >= 11 is 1.63. The maximum atomic E-state index is 11.6. The number of benzene rings is 1. The highest BCUT2D eigenvalue weighted by molar-refractivity contribution is 8.00. The van der Waals surface area contributed by atoms with Crippen molar-refractivity contribution in [1.82, 2.24) is 15.3 Å². The van der Waals surface area contributed by atoms with E-state index in [4.69, 9.17) is 5.73 Å². The zero-order valence-electron chi connectivity index (χ0n) is 12.5. The van der Waals surface area contributed by atoms with E-state index in [0.29, 0.717) is 6.42 Å². The van der Waals surface area contributed by atoms with Crippen LogP contribution in [0.5, 0.6) is 0 Å². The summed E-state index contributed by atoms with van der Waals surface area (Å²) < 4.78 is 0. The molecule has 6 heteroatoms. The van der Waals surface area contributed by atoms with Crippen molar-refractivity contribution in [2.75, 3.05) is 7.05 Å². The van der Waals surface area contributed by atoms with Crippen molar-refractivity contribution in [2.45, 2.75) is 36.1 Å². The fourth-order valence-electron chi connectivity index (χ4n) is 2.21. The van der Waals surface area contributed by atoms with Gasteiger partial charge in [-0.15, -0.1) is 11.8 Å². The molecule has 2 unspecified atom stereocenters. The van der Waals surface area contributed by atoms with Gasteiger partial charge in [0.15, 0.2) is 0 Å². The molecule has 1 amide bonds. The molecule has 0 aliphatic rings. The molecule has 0 fully saturated rings. The van der Waals surface area contributed by atoms with E-state index in [-0.39, 0.29) is 11.2 Å². The van der Waals surface area contributed by atoms with Gasteiger partial charge in [0, 0.05) is 10.6 Å². The molecule has 5 nitrogen and oxygen atoms in total. The van der Waals surface area contributed by atoms with Crippen LogP contribution in [0, 0.1) is 0 Å². The third-order valence-corrected chi connectivity index (χ3v) is 4.73. The smallest absolute Gasteiger partial charge is 0.237 e. The van der Waals surface area contributed by atoms with Gasteiger partial charge in [-0.05, 0) is 26.5 Å². The Balaban J connectivity index is 2.19. The van der Waals surface area contributed by atoms with Crippen LogP contribution in [0.3, 0.4) is 0 Å². The number of nitrogens with one attached hydrogen (secondary N) is 1. The average Bonchev–Trinajstić information content (AvgIpc) is 2.47. The number of carbonyl (C=O) groups is 1. The van der Waals surface area contributed by atoms with Crippen LogP contribution in [0.1, 0.15) is 20.3 Å². The number of fused-ring (bicyclic) bond motifs is 1. The molecule has 0 saturated heterocycles. The molecule has 1 heterocycles. The van der Waals surface area contributed by atoms with Gasteiger partial charge >= 0.3 is 0 Å². The Morgan fingerprint density at radius 3 is 2.81 bits per heavy atom. The third-order valence-electron chi connectivity index (χ3n) is 3.61. The zero-order chi connectivity index (χ0) is 15.5. The maximum absolute atomic E-state index is 11.6. The molecule has 1 aromatic carbocycles. The van der Waals surface area contributed by atoms with Gasteiger partial charge in [-0.25, -0.2) is 9.97 Å². The van der Waals surface area contributed by atoms with Gasteiger partial charge in [0.25, 0.3) is 0 Å². The number of carbonyl (C=O) groups excluding carboxylic acids is 1. The highest BCUT2D eigenvalue weighted by atomic mass is 32.2. The number of primary amides is 1. The first kappa shape index (κ1) is 15.7. The number of nitrogens with zero attached hydrogens (tertiary/aromatic N) is 2. The van der Waals surface area contributed by atoms with Crippen molar-refractivity contribution < 1.29 is 4.79 Å². The molecule has 0 saturated carbocycles. The molecule has 2 atom stereocenters. The molecule has 21 heavy (non-hydrogen) atoms. The summed E-state index contributed by atoms with van der Waals surface area (Å²) in [6.07, 6.45) is 2.20. The van der Waals surface area contributed by atoms with Crippen molar-refractivity contribution in [3.8, 4) is 0 Å². The monoisotopic (exact) mass is 304 g/mol. The summed E-state index contributed by atoms with van der Waals surface area (Å²) in [6, 6.07) is 7.91. The molecule has 1 aromatic heterocycles. The molecule has 0 spiro atoms. The van der Waals surface area contributed by atoms with Gasteiger partial charge < -0.3 is 11.1 Å². The van der Waals surface area contributed by atoms with E-state index in [0.717, 1.165) is 15.9 Å². The SMILES string of the molecule is CNC(C)(CC(C)Sc1ncnc2ccccc12)C(N)=O. The molecule has 2 aromatic rings. The van der Waals surface area contributed by atoms with Gasteiger partial charge in [-0.3, -0.25) is 4.79 Å². The second-order valence-corrected chi connectivity index (χ2v) is 6.70. The topological polar surface area (TPSA) is 80.9 Å². The first-order chi connectivity index (χ1) is 9.96. The van der Waals surface area contributed by atoms with E-state index in [1.165, 1.54) is 0 Å². The molecule has 112 valence electrons. The van der Waals surface area contributed by atoms with E-state index in [9.17, 15) is 4.79 Å². The van der Waals surface area contributed by atoms with Crippen molar-refractivity contribution >= 4 is 28.6 Å². The van der Waals surface area contributed by atoms with Crippen molar-refractivity contribution in [3.05, 3.63) is 30.6 Å². The molecule has 0 aliphatic carbocycles. The molecular formula is C15H20N4OS. The highest BCUT2D eigenvalue weighted by Crippen LogP contribution is 2.31. The predicted octanol–water partition coefficient (Wildman–Crippen LogP) is 1.96. The Morgan fingerprint density at radius 2 is 2.14 bits per heavy atom. The summed E-state index contributed by atoms with van der Waals surface area (Å²) in [4.78, 5) is 20.2. The Bertz CT molecular complexity index is 643. The lowest BCUT2D eigenvalue weighted by Gasteiger charge is -2.28. The minimum absolute atomic E-state index is 0.188. The number of likely N-dealkylation sites (N-methyl/N-ethyl adjacent to an activating group) is 1. The lowest BCUT2D eigenvalue weighted by molar-refractivity contribution is -0.123. The highest BCUT2D eigenvalue weighted by Gasteiger charge is 2.31. The van der Waals surface area contributed by atoms with E-state index in [2.05, 4.69) is 22.2 Å². The second-order valence-electron chi connectivity index (χ2n) is 5.27. The number of para-hydroxylation sites is 1. The van der Waals surface area contributed by atoms with Crippen LogP contribution in [0.15, 0.2) is 35.6 Å². The normalized spacial score (nSPS) is 15.6. The largest absolute Gasteiger partial charge is 0.368 e. The first-order valence-corrected chi connectivity index (χ1v) is 7.69. The van der Waals surface area contributed by atoms with Crippen LogP contribution in [0.4, 0.5) is 0 Å². The Kier molecular flexibility index (Phi) is 4.80. The lowest BCUT2D eigenvalue weighted by atomic mass is 9.95. The summed E-state index contributed by atoms with van der Waals surface area (Å²) in [5, 5.41) is 5.16. The fraction of sp³-hybridized carbons (Fsp3) is 0.400. The van der Waals surface area contributed by atoms with Crippen LogP contribution in [-0.4, -0.2) is 33.7 Å². The summed E-state index contributed by atoms with van der Waals surface area (Å²) in [7, 11) is 1.75. The maximum Gasteiger partial charge on any atom is 0.237 e. The van der Waals surface area contributed by atoms with Gasteiger partial charge in [0.05, 0.1) is 11.1 Å². The zero-order valence-corrected chi connectivity index (χ0v) is 13.3. The Morgan fingerprint density at radius 1 is 1.43 bits per heavy atom. The minimum atomic E-state index is -0.713.